The number of aromatic amines is 2. The molecule has 0 bridgehead atoms. The molecule has 3 atom stereocenters. The Balaban J connectivity index is 1.71. The first kappa shape index (κ1) is 40.9. The van der Waals surface area contributed by atoms with Crippen LogP contribution in [0.5, 0.6) is 0 Å². The summed E-state index contributed by atoms with van der Waals surface area (Å²) in [5, 5.41) is 20.1. The third-order valence-corrected chi connectivity index (χ3v) is 8.27. The van der Waals surface area contributed by atoms with Gasteiger partial charge in [0.2, 0.25) is 29.5 Å². The molecule has 0 radical (unpaired) electrons. The molecule has 0 aromatic carbocycles. The Kier molecular flexibility index (Phi) is 20.7. The topological polar surface area (TPSA) is 237 Å². The van der Waals surface area contributed by atoms with E-state index in [2.05, 4.69) is 48.1 Å². The molecule has 274 valence electrons. The molecule has 0 aliphatic heterocycles. The molecule has 0 unspecified atom stereocenters. The fourth-order valence-corrected chi connectivity index (χ4v) is 5.38. The Morgan fingerprint density at radius 3 is 1.65 bits per heavy atom. The number of aliphatic hydroxyl groups excluding tert-OH is 1. The van der Waals surface area contributed by atoms with Crippen LogP contribution in [0.25, 0.3) is 0 Å². The summed E-state index contributed by atoms with van der Waals surface area (Å²) in [6.07, 6.45) is 22.1. The lowest BCUT2D eigenvalue weighted by atomic mass is 10.0. The number of aromatic nitrogens is 4. The monoisotopic (exact) mass is 687 g/mol. The molecule has 9 N–H and O–H groups in total. The van der Waals surface area contributed by atoms with E-state index in [1.807, 2.05) is 0 Å². The van der Waals surface area contributed by atoms with Crippen molar-refractivity contribution in [3.63, 3.8) is 0 Å². The van der Waals surface area contributed by atoms with E-state index < -0.39 is 48.4 Å². The zero-order chi connectivity index (χ0) is 35.7. The number of carbonyl (C=O) groups is 5. The second-order valence-corrected chi connectivity index (χ2v) is 12.5. The van der Waals surface area contributed by atoms with Crippen LogP contribution >= 0.6 is 0 Å². The highest BCUT2D eigenvalue weighted by Crippen LogP contribution is 2.13. The van der Waals surface area contributed by atoms with Crippen molar-refractivity contribution >= 4 is 29.5 Å². The number of amides is 5. The van der Waals surface area contributed by atoms with E-state index in [0.29, 0.717) is 17.8 Å². The molecule has 2 heterocycles. The van der Waals surface area contributed by atoms with Crippen molar-refractivity contribution in [3.05, 3.63) is 36.4 Å². The number of hydrogen-bond acceptors (Lipinski definition) is 8. The quantitative estimate of drug-likeness (QED) is 0.0613. The van der Waals surface area contributed by atoms with Crippen LogP contribution in [0.3, 0.4) is 0 Å². The third kappa shape index (κ3) is 18.2. The third-order valence-electron chi connectivity index (χ3n) is 8.27. The van der Waals surface area contributed by atoms with Gasteiger partial charge < -0.3 is 42.1 Å². The van der Waals surface area contributed by atoms with Crippen molar-refractivity contribution in [1.29, 1.82) is 0 Å². The lowest BCUT2D eigenvalue weighted by molar-refractivity contribution is -0.134. The van der Waals surface area contributed by atoms with Gasteiger partial charge >= 0.3 is 0 Å². The average molecular weight is 688 g/mol. The van der Waals surface area contributed by atoms with E-state index in [9.17, 15) is 29.1 Å². The van der Waals surface area contributed by atoms with Gasteiger partial charge in [-0.15, -0.1) is 0 Å². The standard InChI is InChI=1S/C34H57N9O6/c1-2-3-4-5-6-7-8-9-10-11-12-13-14-15-30(45)38-17-16-31(46)41-28(19-26-21-37-24-40-26)33(48)43-29(22-44)34(49)42-27(32(35)47)18-25-20-36-23-39-25/h20-21,23-24,27-29,44H,2-19,22H2,1H3,(H2,35,47)(H,36,39)(H,37,40)(H,38,45)(H,41,46)(H,42,49)(H,43,48)/t27-,28-,29-/m0/s1. The molecule has 5 amide bonds. The minimum absolute atomic E-state index is 0.0203. The lowest BCUT2D eigenvalue weighted by Gasteiger charge is -2.23. The Labute approximate surface area is 289 Å². The van der Waals surface area contributed by atoms with Crippen LogP contribution in [0.1, 0.15) is 115 Å². The van der Waals surface area contributed by atoms with Crippen LogP contribution < -0.4 is 27.0 Å². The predicted octanol–water partition coefficient (Wildman–Crippen LogP) is 1.84. The zero-order valence-corrected chi connectivity index (χ0v) is 28.9. The Hall–Kier alpha value is -4.27. The molecule has 0 saturated carbocycles. The number of nitrogens with one attached hydrogen (secondary N) is 6. The molecular formula is C34H57N9O6. The summed E-state index contributed by atoms with van der Waals surface area (Å²) in [6.45, 7) is 1.57. The number of imidazole rings is 2. The van der Waals surface area contributed by atoms with Gasteiger partial charge in [-0.05, 0) is 6.42 Å². The molecule has 15 nitrogen and oxygen atoms in total. The summed E-state index contributed by atoms with van der Waals surface area (Å²) in [5.41, 5.74) is 6.53. The van der Waals surface area contributed by atoms with Crippen molar-refractivity contribution < 1.29 is 29.1 Å². The Bertz CT molecular complexity index is 1220. The van der Waals surface area contributed by atoms with Gasteiger partial charge in [-0.25, -0.2) is 9.97 Å². The second-order valence-electron chi connectivity index (χ2n) is 12.5. The van der Waals surface area contributed by atoms with Gasteiger partial charge in [0.25, 0.3) is 0 Å². The number of primary amides is 1. The highest BCUT2D eigenvalue weighted by Gasteiger charge is 2.29. The molecule has 15 heteroatoms. The summed E-state index contributed by atoms with van der Waals surface area (Å²) in [6, 6.07) is -3.69. The van der Waals surface area contributed by atoms with Crippen LogP contribution in [0.4, 0.5) is 0 Å². The van der Waals surface area contributed by atoms with Gasteiger partial charge in [-0.3, -0.25) is 24.0 Å². The van der Waals surface area contributed by atoms with Gasteiger partial charge in [0.1, 0.15) is 18.1 Å². The van der Waals surface area contributed by atoms with E-state index in [1.54, 1.807) is 0 Å². The normalized spacial score (nSPS) is 12.9. The van der Waals surface area contributed by atoms with E-state index in [-0.39, 0.29) is 31.7 Å². The number of rotatable bonds is 28. The molecule has 0 saturated heterocycles. The molecule has 2 aromatic heterocycles. The summed E-state index contributed by atoms with van der Waals surface area (Å²) < 4.78 is 0. The number of carbonyl (C=O) groups excluding carboxylic acids is 5. The van der Waals surface area contributed by atoms with Crippen molar-refractivity contribution in [1.82, 2.24) is 41.2 Å². The maximum atomic E-state index is 13.2. The molecule has 2 aromatic rings. The van der Waals surface area contributed by atoms with Crippen LogP contribution in [0.2, 0.25) is 0 Å². The fourth-order valence-electron chi connectivity index (χ4n) is 5.38. The van der Waals surface area contributed by atoms with Crippen molar-refractivity contribution in [2.24, 2.45) is 5.73 Å². The van der Waals surface area contributed by atoms with E-state index in [4.69, 9.17) is 5.73 Å². The maximum absolute atomic E-state index is 13.2. The van der Waals surface area contributed by atoms with Crippen molar-refractivity contribution in [2.45, 2.75) is 134 Å². The van der Waals surface area contributed by atoms with E-state index >= 15 is 0 Å². The minimum atomic E-state index is -1.43. The van der Waals surface area contributed by atoms with E-state index in [0.717, 1.165) is 19.3 Å². The first-order chi connectivity index (χ1) is 23.7. The Morgan fingerprint density at radius 2 is 1.16 bits per heavy atom. The predicted molar refractivity (Wildman–Crippen MR) is 185 cm³/mol. The number of unbranched alkanes of at least 4 members (excludes halogenated alkanes) is 12. The molecule has 49 heavy (non-hydrogen) atoms. The summed E-state index contributed by atoms with van der Waals surface area (Å²) in [4.78, 5) is 76.5. The highest BCUT2D eigenvalue weighted by molar-refractivity contribution is 5.94. The van der Waals surface area contributed by atoms with Crippen molar-refractivity contribution in [2.75, 3.05) is 13.2 Å². The fraction of sp³-hybridized carbons (Fsp3) is 0.676. The highest BCUT2D eigenvalue weighted by atomic mass is 16.3. The minimum Gasteiger partial charge on any atom is -0.394 e. The van der Waals surface area contributed by atoms with Crippen LogP contribution in [-0.2, 0) is 36.8 Å². The van der Waals surface area contributed by atoms with Crippen LogP contribution in [-0.4, -0.2) is 85.9 Å². The van der Waals surface area contributed by atoms with Gasteiger partial charge in [0.05, 0.1) is 19.3 Å². The molecule has 0 aliphatic rings. The second kappa shape index (κ2) is 24.8. The van der Waals surface area contributed by atoms with Crippen LogP contribution in [0.15, 0.2) is 25.0 Å². The SMILES string of the molecule is CCCCCCCCCCCCCCCC(=O)NCCC(=O)N[C@@H](Cc1cnc[nH]1)C(=O)N[C@@H](CO)C(=O)N[C@@H](Cc1cnc[nH]1)C(N)=O. The molecule has 2 rings (SSSR count). The molecule has 0 spiro atoms. The summed E-state index contributed by atoms with van der Waals surface area (Å²) in [7, 11) is 0. The van der Waals surface area contributed by atoms with Gasteiger partial charge in [-0.1, -0.05) is 84.0 Å². The number of nitrogens with two attached hydrogens (primary N) is 1. The van der Waals surface area contributed by atoms with Gasteiger partial charge in [-0.2, -0.15) is 0 Å². The van der Waals surface area contributed by atoms with E-state index in [1.165, 1.54) is 89.3 Å². The average Bonchev–Trinajstić information content (AvgIpc) is 3.80. The van der Waals surface area contributed by atoms with Gasteiger partial charge in [0.15, 0.2) is 0 Å². The molecule has 0 fully saturated rings. The lowest BCUT2D eigenvalue weighted by Crippen LogP contribution is -2.58. The Morgan fingerprint density at radius 1 is 0.673 bits per heavy atom. The number of H-pyrrole nitrogens is 2. The van der Waals surface area contributed by atoms with Crippen LogP contribution in [0, 0.1) is 0 Å². The number of hydrogen-bond donors (Lipinski definition) is 8. The maximum Gasteiger partial charge on any atom is 0.245 e. The largest absolute Gasteiger partial charge is 0.394 e. The molecule has 0 aliphatic carbocycles. The number of nitrogens with zero attached hydrogens (tertiary/aromatic N) is 2. The smallest absolute Gasteiger partial charge is 0.245 e. The van der Waals surface area contributed by atoms with Crippen molar-refractivity contribution in [3.8, 4) is 0 Å². The first-order valence-corrected chi connectivity index (χ1v) is 17.7. The summed E-state index contributed by atoms with van der Waals surface area (Å²) >= 11 is 0. The summed E-state index contributed by atoms with van der Waals surface area (Å²) in [5.74, 6) is -3.00. The zero-order valence-electron chi connectivity index (χ0n) is 28.9. The molecular weight excluding hydrogens is 630 g/mol. The van der Waals surface area contributed by atoms with Gasteiger partial charge in [0, 0.05) is 56.0 Å². The number of aliphatic hydroxyl groups is 1. The first-order valence-electron chi connectivity index (χ1n) is 17.7.